The van der Waals surface area contributed by atoms with Crippen LogP contribution in [0.3, 0.4) is 0 Å². The normalized spacial score (nSPS) is 12.1. The zero-order valence-corrected chi connectivity index (χ0v) is 12.7. The maximum Gasteiger partial charge on any atom is 0.119 e. The van der Waals surface area contributed by atoms with Crippen LogP contribution in [0, 0.1) is 13.8 Å². The first-order chi connectivity index (χ1) is 10.2. The number of hydrogen-bond acceptors (Lipinski definition) is 3. The van der Waals surface area contributed by atoms with E-state index in [2.05, 4.69) is 37.4 Å². The fraction of sp³-hybridized carbons (Fsp3) is 0.333. The minimum Gasteiger partial charge on any atom is -0.492 e. The molecule has 0 saturated carbocycles. The van der Waals surface area contributed by atoms with Crippen molar-refractivity contribution in [3.8, 4) is 5.75 Å². The Morgan fingerprint density at radius 2 is 1.71 bits per heavy atom. The summed E-state index contributed by atoms with van der Waals surface area (Å²) in [5, 5.41) is 12.3. The average Bonchev–Trinajstić information content (AvgIpc) is 2.47. The lowest BCUT2D eigenvalue weighted by Crippen LogP contribution is -2.29. The summed E-state index contributed by atoms with van der Waals surface area (Å²) in [7, 11) is 0. The van der Waals surface area contributed by atoms with Crippen LogP contribution in [0.15, 0.2) is 48.5 Å². The Balaban J connectivity index is 2.05. The molecule has 2 N–H and O–H groups in total. The van der Waals surface area contributed by atoms with Gasteiger partial charge in [-0.15, -0.1) is 0 Å². The molecule has 2 aromatic rings. The Morgan fingerprint density at radius 1 is 1.05 bits per heavy atom. The summed E-state index contributed by atoms with van der Waals surface area (Å²) >= 11 is 0. The lowest BCUT2D eigenvalue weighted by atomic mass is 10.1. The van der Waals surface area contributed by atoms with Crippen LogP contribution in [0.25, 0.3) is 0 Å². The van der Waals surface area contributed by atoms with Gasteiger partial charge in [-0.05, 0) is 42.7 Å². The molecule has 0 saturated heterocycles. The van der Waals surface area contributed by atoms with Gasteiger partial charge in [-0.25, -0.2) is 0 Å². The highest BCUT2D eigenvalue weighted by Crippen LogP contribution is 2.19. The molecule has 0 spiro atoms. The van der Waals surface area contributed by atoms with Crippen molar-refractivity contribution in [2.24, 2.45) is 0 Å². The van der Waals surface area contributed by atoms with Crippen molar-refractivity contribution >= 4 is 0 Å². The highest BCUT2D eigenvalue weighted by atomic mass is 16.5. The number of nitrogens with one attached hydrogen (secondary N) is 1. The van der Waals surface area contributed by atoms with Crippen LogP contribution >= 0.6 is 0 Å². The van der Waals surface area contributed by atoms with Crippen molar-refractivity contribution in [3.05, 3.63) is 65.2 Å². The van der Waals surface area contributed by atoms with E-state index in [9.17, 15) is 0 Å². The second-order valence-electron chi connectivity index (χ2n) is 5.28. The molecule has 1 atom stereocenters. The van der Waals surface area contributed by atoms with Gasteiger partial charge in [0.25, 0.3) is 0 Å². The summed E-state index contributed by atoms with van der Waals surface area (Å²) in [6.45, 7) is 5.34. The van der Waals surface area contributed by atoms with E-state index < -0.39 is 0 Å². The van der Waals surface area contributed by atoms with Gasteiger partial charge in [0.15, 0.2) is 0 Å². The molecule has 0 fully saturated rings. The highest BCUT2D eigenvalue weighted by Gasteiger charge is 2.11. The summed E-state index contributed by atoms with van der Waals surface area (Å²) in [6, 6.07) is 16.4. The van der Waals surface area contributed by atoms with Gasteiger partial charge in [0.2, 0.25) is 0 Å². The van der Waals surface area contributed by atoms with E-state index in [4.69, 9.17) is 9.84 Å². The molecule has 0 aliphatic heterocycles. The summed E-state index contributed by atoms with van der Waals surface area (Å²) < 4.78 is 5.94. The number of aliphatic hydroxyl groups excluding tert-OH is 1. The van der Waals surface area contributed by atoms with Crippen LogP contribution in [-0.4, -0.2) is 24.9 Å². The molecule has 0 amide bonds. The second-order valence-corrected chi connectivity index (χ2v) is 5.28. The molecule has 2 aromatic carbocycles. The van der Waals surface area contributed by atoms with Crippen molar-refractivity contribution < 1.29 is 9.84 Å². The summed E-state index contributed by atoms with van der Waals surface area (Å²) in [4.78, 5) is 0. The molecule has 112 valence electrons. The van der Waals surface area contributed by atoms with Crippen LogP contribution in [0.5, 0.6) is 5.75 Å². The minimum atomic E-state index is 0.0687. The molecular formula is C18H23NO2. The number of aryl methyl sites for hydroxylation is 2. The van der Waals surface area contributed by atoms with Crippen molar-refractivity contribution in [1.29, 1.82) is 0 Å². The predicted octanol–water partition coefficient (Wildman–Crippen LogP) is 3.01. The van der Waals surface area contributed by atoms with E-state index in [1.807, 2.05) is 30.3 Å². The zero-order valence-electron chi connectivity index (χ0n) is 12.7. The van der Waals surface area contributed by atoms with Gasteiger partial charge in [-0.2, -0.15) is 0 Å². The van der Waals surface area contributed by atoms with Crippen LogP contribution in [0.1, 0.15) is 22.7 Å². The predicted molar refractivity (Wildman–Crippen MR) is 85.7 cm³/mol. The number of aliphatic hydroxyl groups is 1. The topological polar surface area (TPSA) is 41.5 Å². The first-order valence-corrected chi connectivity index (χ1v) is 7.29. The Hall–Kier alpha value is -1.84. The third-order valence-electron chi connectivity index (χ3n) is 3.32. The fourth-order valence-corrected chi connectivity index (χ4v) is 2.39. The smallest absolute Gasteiger partial charge is 0.119 e. The molecule has 3 nitrogen and oxygen atoms in total. The van der Waals surface area contributed by atoms with E-state index in [-0.39, 0.29) is 12.6 Å². The summed E-state index contributed by atoms with van der Waals surface area (Å²) in [6.07, 6.45) is 0. The van der Waals surface area contributed by atoms with Gasteiger partial charge in [-0.1, -0.05) is 36.4 Å². The van der Waals surface area contributed by atoms with Crippen molar-refractivity contribution in [2.75, 3.05) is 19.8 Å². The van der Waals surface area contributed by atoms with Crippen LogP contribution in [0.4, 0.5) is 0 Å². The largest absolute Gasteiger partial charge is 0.492 e. The Morgan fingerprint density at radius 3 is 2.33 bits per heavy atom. The lowest BCUT2D eigenvalue weighted by Gasteiger charge is -2.20. The van der Waals surface area contributed by atoms with E-state index in [1.54, 1.807) is 0 Å². The minimum absolute atomic E-state index is 0.0687. The number of hydrogen-bond donors (Lipinski definition) is 2. The van der Waals surface area contributed by atoms with Gasteiger partial charge >= 0.3 is 0 Å². The Labute approximate surface area is 126 Å². The molecule has 3 heteroatoms. The number of rotatable bonds is 7. The molecule has 0 heterocycles. The highest BCUT2D eigenvalue weighted by molar-refractivity contribution is 5.33. The monoisotopic (exact) mass is 285 g/mol. The van der Waals surface area contributed by atoms with Gasteiger partial charge in [0.05, 0.1) is 12.6 Å². The van der Waals surface area contributed by atoms with Crippen LogP contribution in [0.2, 0.25) is 0 Å². The lowest BCUT2D eigenvalue weighted by molar-refractivity contribution is 0.242. The molecule has 1 unspecified atom stereocenters. The summed E-state index contributed by atoms with van der Waals surface area (Å²) in [5.74, 6) is 0.888. The van der Waals surface area contributed by atoms with Crippen molar-refractivity contribution in [3.63, 3.8) is 0 Å². The van der Waals surface area contributed by atoms with Crippen molar-refractivity contribution in [1.82, 2.24) is 5.32 Å². The molecular weight excluding hydrogens is 262 g/mol. The SMILES string of the molecule is Cc1cc(C)cc(OCC(NCCO)c2ccccc2)c1. The molecule has 0 aromatic heterocycles. The maximum atomic E-state index is 9.02. The fourth-order valence-electron chi connectivity index (χ4n) is 2.39. The third-order valence-corrected chi connectivity index (χ3v) is 3.32. The van der Waals surface area contributed by atoms with Gasteiger partial charge in [-0.3, -0.25) is 0 Å². The average molecular weight is 285 g/mol. The maximum absolute atomic E-state index is 9.02. The van der Waals surface area contributed by atoms with Gasteiger partial charge in [0, 0.05) is 6.54 Å². The molecule has 21 heavy (non-hydrogen) atoms. The second kappa shape index (κ2) is 7.81. The zero-order chi connectivity index (χ0) is 15.1. The molecule has 0 aliphatic rings. The van der Waals surface area contributed by atoms with E-state index in [1.165, 1.54) is 11.1 Å². The van der Waals surface area contributed by atoms with Gasteiger partial charge in [0.1, 0.15) is 12.4 Å². The first-order valence-electron chi connectivity index (χ1n) is 7.29. The Kier molecular flexibility index (Phi) is 5.78. The van der Waals surface area contributed by atoms with Crippen LogP contribution < -0.4 is 10.1 Å². The van der Waals surface area contributed by atoms with Crippen LogP contribution in [-0.2, 0) is 0 Å². The summed E-state index contributed by atoms with van der Waals surface area (Å²) in [5.41, 5.74) is 3.56. The standard InChI is InChI=1S/C18H23NO2/c1-14-10-15(2)12-17(11-14)21-13-18(19-8-9-20)16-6-4-3-5-7-16/h3-7,10-12,18-20H,8-9,13H2,1-2H3. The molecule has 0 aliphatic carbocycles. The first kappa shape index (κ1) is 15.5. The molecule has 0 radical (unpaired) electrons. The molecule has 0 bridgehead atoms. The number of benzene rings is 2. The third kappa shape index (κ3) is 4.88. The van der Waals surface area contributed by atoms with Crippen molar-refractivity contribution in [2.45, 2.75) is 19.9 Å². The van der Waals surface area contributed by atoms with E-state index >= 15 is 0 Å². The quantitative estimate of drug-likeness (QED) is 0.821. The van der Waals surface area contributed by atoms with Gasteiger partial charge < -0.3 is 15.2 Å². The molecule has 2 rings (SSSR count). The number of ether oxygens (including phenoxy) is 1. The Bertz CT molecular complexity index is 534. The van der Waals surface area contributed by atoms with E-state index in [0.717, 1.165) is 11.3 Å². The van der Waals surface area contributed by atoms with E-state index in [0.29, 0.717) is 13.2 Å².